The summed E-state index contributed by atoms with van der Waals surface area (Å²) >= 11 is 0. The van der Waals surface area contributed by atoms with Gasteiger partial charge in [0, 0.05) is 17.8 Å². The first-order chi connectivity index (χ1) is 24.6. The number of aliphatic hydroxyl groups excluding tert-OH is 3. The van der Waals surface area contributed by atoms with Crippen molar-refractivity contribution in [1.82, 2.24) is 9.55 Å². The summed E-state index contributed by atoms with van der Waals surface area (Å²) < 4.78 is 54.5. The average Bonchev–Trinajstić information content (AvgIpc) is 3.91. The fourth-order valence-electron chi connectivity index (χ4n) is 8.42. The molecule has 0 saturated carbocycles. The van der Waals surface area contributed by atoms with Crippen LogP contribution >= 0.6 is 0 Å². The van der Waals surface area contributed by atoms with Crippen LogP contribution in [0, 0.1) is 22.0 Å². The van der Waals surface area contributed by atoms with Gasteiger partial charge in [0.2, 0.25) is 12.5 Å². The van der Waals surface area contributed by atoms with E-state index in [9.17, 15) is 25.4 Å². The quantitative estimate of drug-likeness (QED) is 0.215. The molecule has 51 heavy (non-hydrogen) atoms. The smallest absolute Gasteiger partial charge is 0.434 e. The van der Waals surface area contributed by atoms with Gasteiger partial charge in [-0.15, -0.1) is 0 Å². The maximum absolute atomic E-state index is 11.4. The highest BCUT2D eigenvalue weighted by molar-refractivity contribution is 5.59. The lowest BCUT2D eigenvalue weighted by Gasteiger charge is -2.45. The lowest BCUT2D eigenvalue weighted by Crippen LogP contribution is -2.56. The highest BCUT2D eigenvalue weighted by atomic mass is 16.8. The number of nitro groups is 1. The summed E-state index contributed by atoms with van der Waals surface area (Å²) in [5.74, 6) is 0.481. The third kappa shape index (κ3) is 5.63. The Kier molecular flexibility index (Phi) is 8.69. The SMILES string of the molecule is COc1cc(C2c3cc4c(cc3C(CC3OC(O)C(O)C5OC(C)OC35)C3C(O)OCC23)OCO4)cc(OC)c1OCc1cnc([N+](=O)[O-])n1C. The molecule has 17 nitrogen and oxygen atoms in total. The van der Waals surface area contributed by atoms with Crippen LogP contribution in [0.5, 0.6) is 28.7 Å². The highest BCUT2D eigenvalue weighted by Gasteiger charge is 2.56. The van der Waals surface area contributed by atoms with Crippen LogP contribution in [0.1, 0.15) is 47.6 Å². The molecular formula is C34H39N3O14. The van der Waals surface area contributed by atoms with Gasteiger partial charge in [-0.1, -0.05) is 4.98 Å². The lowest BCUT2D eigenvalue weighted by atomic mass is 9.61. The van der Waals surface area contributed by atoms with E-state index < -0.39 is 54.1 Å². The molecule has 1 aromatic heterocycles. The fraction of sp³-hybridized carbons (Fsp3) is 0.559. The van der Waals surface area contributed by atoms with E-state index >= 15 is 0 Å². The number of aliphatic hydroxyl groups is 3. The molecule has 5 aliphatic rings. The summed E-state index contributed by atoms with van der Waals surface area (Å²) in [6.45, 7) is 1.97. The number of nitrogens with zero attached hydrogens (tertiary/aromatic N) is 3. The summed E-state index contributed by atoms with van der Waals surface area (Å²) in [7, 11) is 4.55. The van der Waals surface area contributed by atoms with Crippen molar-refractivity contribution in [3.05, 3.63) is 63.0 Å². The first-order valence-corrected chi connectivity index (χ1v) is 16.7. The molecule has 17 heteroatoms. The van der Waals surface area contributed by atoms with E-state index in [-0.39, 0.29) is 43.7 Å². The van der Waals surface area contributed by atoms with E-state index in [1.54, 1.807) is 6.92 Å². The van der Waals surface area contributed by atoms with E-state index in [2.05, 4.69) is 4.98 Å². The molecule has 4 aliphatic heterocycles. The molecular weight excluding hydrogens is 674 g/mol. The zero-order valence-electron chi connectivity index (χ0n) is 28.2. The van der Waals surface area contributed by atoms with Gasteiger partial charge < -0.3 is 68.1 Å². The van der Waals surface area contributed by atoms with Gasteiger partial charge in [-0.3, -0.25) is 0 Å². The number of hydrogen-bond donors (Lipinski definition) is 3. The second-order valence-electron chi connectivity index (χ2n) is 13.4. The molecule has 274 valence electrons. The van der Waals surface area contributed by atoms with Crippen LogP contribution in [-0.2, 0) is 32.6 Å². The van der Waals surface area contributed by atoms with Crippen molar-refractivity contribution >= 4 is 5.95 Å². The lowest BCUT2D eigenvalue weighted by molar-refractivity contribution is -0.396. The van der Waals surface area contributed by atoms with Gasteiger partial charge in [0.25, 0.3) is 0 Å². The van der Waals surface area contributed by atoms with Crippen LogP contribution in [0.4, 0.5) is 5.95 Å². The Hall–Kier alpha value is -4.23. The molecule has 5 heterocycles. The molecule has 0 bridgehead atoms. The van der Waals surface area contributed by atoms with Gasteiger partial charge in [-0.05, 0) is 65.1 Å². The Morgan fingerprint density at radius 3 is 2.33 bits per heavy atom. The number of rotatable bonds is 9. The van der Waals surface area contributed by atoms with Crippen molar-refractivity contribution < 1.29 is 62.9 Å². The van der Waals surface area contributed by atoms with E-state index in [4.69, 9.17) is 42.6 Å². The predicted octanol–water partition coefficient (Wildman–Crippen LogP) is 2.06. The number of methoxy groups -OCH3 is 2. The number of imidazole rings is 1. The van der Waals surface area contributed by atoms with Crippen molar-refractivity contribution in [3.63, 3.8) is 0 Å². The van der Waals surface area contributed by atoms with Crippen LogP contribution in [0.2, 0.25) is 0 Å². The first kappa shape index (κ1) is 33.9. The number of hydrogen-bond acceptors (Lipinski definition) is 15. The zero-order chi connectivity index (χ0) is 35.7. The van der Waals surface area contributed by atoms with E-state index in [0.29, 0.717) is 40.9 Å². The van der Waals surface area contributed by atoms with Gasteiger partial charge in [0.15, 0.2) is 47.6 Å². The van der Waals surface area contributed by atoms with Gasteiger partial charge in [0.1, 0.15) is 31.1 Å². The topological polar surface area (TPSA) is 205 Å². The molecule has 1 aliphatic carbocycles. The highest BCUT2D eigenvalue weighted by Crippen LogP contribution is 2.58. The monoisotopic (exact) mass is 713 g/mol. The van der Waals surface area contributed by atoms with Crippen molar-refractivity contribution in [2.24, 2.45) is 18.9 Å². The van der Waals surface area contributed by atoms with Crippen molar-refractivity contribution in [3.8, 4) is 28.7 Å². The summed E-state index contributed by atoms with van der Waals surface area (Å²) in [6.07, 6.45) is -4.89. The Labute approximate surface area is 291 Å². The molecule has 0 amide bonds. The van der Waals surface area contributed by atoms with Crippen LogP contribution < -0.4 is 23.7 Å². The van der Waals surface area contributed by atoms with E-state index in [1.165, 1.54) is 32.0 Å². The molecule has 11 unspecified atom stereocenters. The van der Waals surface area contributed by atoms with Gasteiger partial charge in [0.05, 0.1) is 34.0 Å². The zero-order valence-corrected chi connectivity index (χ0v) is 28.2. The van der Waals surface area contributed by atoms with Crippen LogP contribution in [0.15, 0.2) is 30.5 Å². The number of ether oxygens (including phenoxy) is 9. The van der Waals surface area contributed by atoms with Crippen LogP contribution in [0.25, 0.3) is 0 Å². The largest absolute Gasteiger partial charge is 0.493 e. The summed E-state index contributed by atoms with van der Waals surface area (Å²) in [4.78, 5) is 14.6. The summed E-state index contributed by atoms with van der Waals surface area (Å²) in [6, 6.07) is 7.58. The molecule has 11 atom stereocenters. The Balaban J connectivity index is 1.18. The van der Waals surface area contributed by atoms with Gasteiger partial charge in [-0.2, -0.15) is 0 Å². The molecule has 3 N–H and O–H groups in total. The first-order valence-electron chi connectivity index (χ1n) is 16.7. The minimum Gasteiger partial charge on any atom is -0.493 e. The van der Waals surface area contributed by atoms with Crippen LogP contribution in [0.3, 0.4) is 0 Å². The molecule has 3 aromatic rings. The fourth-order valence-corrected chi connectivity index (χ4v) is 8.42. The van der Waals surface area contributed by atoms with Gasteiger partial charge >= 0.3 is 5.95 Å². The van der Waals surface area contributed by atoms with Crippen LogP contribution in [-0.4, -0.2) is 101 Å². The number of benzene rings is 2. The molecule has 0 radical (unpaired) electrons. The third-order valence-corrected chi connectivity index (χ3v) is 10.7. The van der Waals surface area contributed by atoms with Crippen molar-refractivity contribution in [2.45, 2.75) is 75.1 Å². The average molecular weight is 714 g/mol. The Morgan fingerprint density at radius 2 is 1.67 bits per heavy atom. The van der Waals surface area contributed by atoms with Gasteiger partial charge in [-0.25, -0.2) is 4.57 Å². The predicted molar refractivity (Wildman–Crippen MR) is 171 cm³/mol. The maximum Gasteiger partial charge on any atom is 0.434 e. The number of fused-ring (bicyclic) bond motifs is 4. The Morgan fingerprint density at radius 1 is 0.980 bits per heavy atom. The maximum atomic E-state index is 11.4. The second-order valence-corrected chi connectivity index (χ2v) is 13.4. The van der Waals surface area contributed by atoms with Crippen molar-refractivity contribution in [2.75, 3.05) is 27.6 Å². The summed E-state index contributed by atoms with van der Waals surface area (Å²) in [5, 5.41) is 44.0. The van der Waals surface area contributed by atoms with E-state index in [1.807, 2.05) is 24.3 Å². The standard InChI is InChI=1S/C34H39N3O14/c1-14-49-30-25(51-33(40)28(38)31(30)50-14)9-19-17-7-21-22(48-13-47-21)8-18(17)26(20-12-46-32(39)27(19)20)15-5-23(43-3)29(24(6-15)44-4)45-11-16-10-35-34(36(16)2)37(41)42/h5-8,10,14,19-20,25-28,30-33,38-40H,9,11-13H2,1-4H3. The molecule has 3 fully saturated rings. The molecule has 0 spiro atoms. The minimum absolute atomic E-state index is 0.0457. The number of aromatic nitrogens is 2. The second kappa shape index (κ2) is 13.1. The molecule has 3 saturated heterocycles. The Bertz CT molecular complexity index is 1790. The van der Waals surface area contributed by atoms with E-state index in [0.717, 1.165) is 16.7 Å². The normalized spacial score (nSPS) is 33.4. The summed E-state index contributed by atoms with van der Waals surface area (Å²) in [5.41, 5.74) is 3.05. The minimum atomic E-state index is -1.48. The molecule has 8 rings (SSSR count). The van der Waals surface area contributed by atoms with Crippen molar-refractivity contribution in [1.29, 1.82) is 0 Å². The third-order valence-electron chi connectivity index (χ3n) is 10.7. The molecule has 2 aromatic carbocycles.